The first-order valence-electron chi connectivity index (χ1n) is 10.6. The fraction of sp³-hybridized carbons (Fsp3) is 0.500. The third-order valence-electron chi connectivity index (χ3n) is 5.79. The van der Waals surface area contributed by atoms with Crippen molar-refractivity contribution in [1.29, 1.82) is 0 Å². The second-order valence-electron chi connectivity index (χ2n) is 7.75. The quantitative estimate of drug-likeness (QED) is 0.804. The molecular formula is C22H28N4O5. The number of rotatable bonds is 4. The van der Waals surface area contributed by atoms with Gasteiger partial charge in [-0.05, 0) is 31.9 Å². The molecule has 2 aromatic rings. The van der Waals surface area contributed by atoms with Gasteiger partial charge < -0.3 is 29.0 Å². The van der Waals surface area contributed by atoms with Crippen molar-refractivity contribution >= 4 is 17.6 Å². The molecule has 1 N–H and O–H groups in total. The fourth-order valence-corrected chi connectivity index (χ4v) is 3.98. The number of nitrogens with zero attached hydrogens (tertiary/aromatic N) is 3. The Labute approximate surface area is 181 Å². The minimum absolute atomic E-state index is 0.0836. The molecule has 1 aromatic carbocycles. The molecule has 9 nitrogen and oxygen atoms in total. The molecular weight excluding hydrogens is 400 g/mol. The van der Waals surface area contributed by atoms with Crippen LogP contribution in [0.3, 0.4) is 0 Å². The van der Waals surface area contributed by atoms with Crippen molar-refractivity contribution in [3.8, 4) is 5.75 Å². The van der Waals surface area contributed by atoms with E-state index >= 15 is 0 Å². The third kappa shape index (κ3) is 4.66. The topological polar surface area (TPSA) is 97.1 Å². The Kier molecular flexibility index (Phi) is 6.41. The Balaban J connectivity index is 1.35. The van der Waals surface area contributed by atoms with E-state index < -0.39 is 0 Å². The van der Waals surface area contributed by atoms with Gasteiger partial charge in [-0.15, -0.1) is 0 Å². The number of urea groups is 1. The van der Waals surface area contributed by atoms with Crippen LogP contribution >= 0.6 is 0 Å². The molecule has 31 heavy (non-hydrogen) atoms. The second kappa shape index (κ2) is 9.38. The van der Waals surface area contributed by atoms with Crippen LogP contribution in [-0.4, -0.2) is 73.2 Å². The van der Waals surface area contributed by atoms with Gasteiger partial charge in [-0.2, -0.15) is 0 Å². The molecule has 166 valence electrons. The maximum atomic E-state index is 12.8. The Morgan fingerprint density at radius 2 is 1.81 bits per heavy atom. The molecule has 3 heterocycles. The number of benzene rings is 1. The number of carbonyl (C=O) groups is 2. The van der Waals surface area contributed by atoms with E-state index in [9.17, 15) is 9.59 Å². The second-order valence-corrected chi connectivity index (χ2v) is 7.75. The lowest BCUT2D eigenvalue weighted by atomic mass is 9.97. The van der Waals surface area contributed by atoms with Crippen LogP contribution in [-0.2, 0) is 4.74 Å². The van der Waals surface area contributed by atoms with E-state index in [2.05, 4.69) is 10.3 Å². The molecule has 0 aliphatic carbocycles. The van der Waals surface area contributed by atoms with E-state index in [1.54, 1.807) is 23.8 Å². The molecule has 2 aliphatic heterocycles. The van der Waals surface area contributed by atoms with Crippen molar-refractivity contribution < 1.29 is 23.5 Å². The molecule has 2 saturated heterocycles. The summed E-state index contributed by atoms with van der Waals surface area (Å²) in [5, 5.41) is 2.91. The summed E-state index contributed by atoms with van der Waals surface area (Å²) in [6.07, 6.45) is 1.45. The van der Waals surface area contributed by atoms with Crippen LogP contribution in [0.15, 0.2) is 28.7 Å². The van der Waals surface area contributed by atoms with Gasteiger partial charge in [0.2, 0.25) is 0 Å². The first-order valence-corrected chi connectivity index (χ1v) is 10.6. The zero-order valence-electron chi connectivity index (χ0n) is 17.9. The largest absolute Gasteiger partial charge is 0.495 e. The lowest BCUT2D eigenvalue weighted by Crippen LogP contribution is -2.41. The Hall–Kier alpha value is -3.07. The molecule has 4 rings (SSSR count). The first-order chi connectivity index (χ1) is 15.1. The van der Waals surface area contributed by atoms with Gasteiger partial charge in [-0.3, -0.25) is 4.79 Å². The van der Waals surface area contributed by atoms with E-state index in [1.807, 2.05) is 24.3 Å². The van der Waals surface area contributed by atoms with Gasteiger partial charge in [0.1, 0.15) is 11.5 Å². The van der Waals surface area contributed by atoms with E-state index in [0.717, 1.165) is 12.8 Å². The van der Waals surface area contributed by atoms with Crippen LogP contribution in [0, 0.1) is 6.92 Å². The van der Waals surface area contributed by atoms with Crippen LogP contribution in [0.1, 0.15) is 40.9 Å². The Morgan fingerprint density at radius 3 is 2.52 bits per heavy atom. The molecule has 0 atom stereocenters. The highest BCUT2D eigenvalue weighted by Crippen LogP contribution is 2.30. The maximum absolute atomic E-state index is 12.8. The van der Waals surface area contributed by atoms with Gasteiger partial charge in [0, 0.05) is 32.1 Å². The molecule has 2 fully saturated rings. The summed E-state index contributed by atoms with van der Waals surface area (Å²) < 4.78 is 16.5. The SMILES string of the molecule is COc1ccccc1NC(=O)N1CCC(c2nc(C(=O)N3CCOCC3)c(C)o2)CC1. The normalized spacial score (nSPS) is 17.5. The molecule has 0 bridgehead atoms. The van der Waals surface area contributed by atoms with Crippen molar-refractivity contribution in [3.63, 3.8) is 0 Å². The van der Waals surface area contributed by atoms with Gasteiger partial charge in [-0.1, -0.05) is 12.1 Å². The summed E-state index contributed by atoms with van der Waals surface area (Å²) in [6.45, 7) is 5.18. The standard InChI is InChI=1S/C22H28N4O5/c1-15-19(21(27)25-11-13-30-14-12-25)24-20(31-15)16-7-9-26(10-8-16)22(28)23-17-5-3-4-6-18(17)29-2/h3-6,16H,7-14H2,1-2H3,(H,23,28). The highest BCUT2D eigenvalue weighted by atomic mass is 16.5. The molecule has 1 aromatic heterocycles. The number of methoxy groups -OCH3 is 1. The van der Waals surface area contributed by atoms with Crippen LogP contribution in [0.2, 0.25) is 0 Å². The van der Waals surface area contributed by atoms with Gasteiger partial charge in [-0.25, -0.2) is 9.78 Å². The summed E-state index contributed by atoms with van der Waals surface area (Å²) in [7, 11) is 1.58. The van der Waals surface area contributed by atoms with E-state index in [-0.39, 0.29) is 17.9 Å². The number of ether oxygens (including phenoxy) is 2. The Bertz CT molecular complexity index is 930. The number of aryl methyl sites for hydroxylation is 1. The smallest absolute Gasteiger partial charge is 0.321 e. The number of hydrogen-bond acceptors (Lipinski definition) is 6. The van der Waals surface area contributed by atoms with Crippen LogP contribution in [0.4, 0.5) is 10.5 Å². The fourth-order valence-electron chi connectivity index (χ4n) is 3.98. The van der Waals surface area contributed by atoms with Crippen molar-refractivity contribution in [2.75, 3.05) is 51.8 Å². The zero-order chi connectivity index (χ0) is 21.8. The molecule has 0 unspecified atom stereocenters. The number of aromatic nitrogens is 1. The highest BCUT2D eigenvalue weighted by Gasteiger charge is 2.30. The van der Waals surface area contributed by atoms with E-state index in [0.29, 0.717) is 68.2 Å². The molecule has 0 radical (unpaired) electrons. The average molecular weight is 428 g/mol. The zero-order valence-corrected chi connectivity index (χ0v) is 17.9. The van der Waals surface area contributed by atoms with Gasteiger partial charge in [0.05, 0.1) is 26.0 Å². The van der Waals surface area contributed by atoms with Crippen molar-refractivity contribution in [2.45, 2.75) is 25.7 Å². The number of oxazole rings is 1. The average Bonchev–Trinajstić information content (AvgIpc) is 3.21. The van der Waals surface area contributed by atoms with Crippen molar-refractivity contribution in [2.24, 2.45) is 0 Å². The predicted octanol–water partition coefficient (Wildman–Crippen LogP) is 2.88. The number of likely N-dealkylation sites (tertiary alicyclic amines) is 1. The molecule has 0 saturated carbocycles. The molecule has 3 amide bonds. The van der Waals surface area contributed by atoms with Gasteiger partial charge >= 0.3 is 6.03 Å². The van der Waals surface area contributed by atoms with Crippen LogP contribution < -0.4 is 10.1 Å². The molecule has 9 heteroatoms. The van der Waals surface area contributed by atoms with Gasteiger partial charge in [0.15, 0.2) is 11.6 Å². The number of carbonyl (C=O) groups excluding carboxylic acids is 2. The van der Waals surface area contributed by atoms with E-state index in [1.165, 1.54) is 0 Å². The minimum atomic E-state index is -0.158. The molecule has 2 aliphatic rings. The van der Waals surface area contributed by atoms with E-state index in [4.69, 9.17) is 13.9 Å². The number of para-hydroxylation sites is 2. The summed E-state index contributed by atoms with van der Waals surface area (Å²) >= 11 is 0. The first kappa shape index (κ1) is 21.2. The van der Waals surface area contributed by atoms with Crippen molar-refractivity contribution in [3.05, 3.63) is 41.6 Å². The van der Waals surface area contributed by atoms with Gasteiger partial charge in [0.25, 0.3) is 5.91 Å². The maximum Gasteiger partial charge on any atom is 0.321 e. The monoisotopic (exact) mass is 428 g/mol. The number of amides is 3. The third-order valence-corrected chi connectivity index (χ3v) is 5.79. The summed E-state index contributed by atoms with van der Waals surface area (Å²) in [5.74, 6) is 1.73. The summed E-state index contributed by atoms with van der Waals surface area (Å²) in [4.78, 5) is 33.5. The minimum Gasteiger partial charge on any atom is -0.495 e. The molecule has 0 spiro atoms. The lowest BCUT2D eigenvalue weighted by Gasteiger charge is -2.30. The number of anilines is 1. The predicted molar refractivity (Wildman–Crippen MR) is 114 cm³/mol. The number of piperidine rings is 1. The van der Waals surface area contributed by atoms with Crippen LogP contribution in [0.5, 0.6) is 5.75 Å². The summed E-state index contributed by atoms with van der Waals surface area (Å²) in [6, 6.07) is 7.17. The lowest BCUT2D eigenvalue weighted by molar-refractivity contribution is 0.0298. The Morgan fingerprint density at radius 1 is 1.10 bits per heavy atom. The highest BCUT2D eigenvalue weighted by molar-refractivity contribution is 5.93. The van der Waals surface area contributed by atoms with Crippen molar-refractivity contribution in [1.82, 2.24) is 14.8 Å². The number of nitrogens with one attached hydrogen (secondary N) is 1. The van der Waals surface area contributed by atoms with Crippen LogP contribution in [0.25, 0.3) is 0 Å². The number of hydrogen-bond donors (Lipinski definition) is 1. The number of morpholine rings is 1. The summed E-state index contributed by atoms with van der Waals surface area (Å²) in [5.41, 5.74) is 1.03.